The monoisotopic (exact) mass is 348 g/mol. The molecule has 0 fully saturated rings. The molecule has 9 heteroatoms. The van der Waals surface area contributed by atoms with Crippen molar-refractivity contribution < 1.29 is 23.1 Å². The number of aliphatic hydroxyl groups is 1. The molecule has 7 nitrogen and oxygen atoms in total. The Balaban J connectivity index is 2.67. The minimum atomic E-state index is -2.99. The lowest BCUT2D eigenvalue weighted by Gasteiger charge is -2.24. The normalized spacial score (nSPS) is 15.8. The summed E-state index contributed by atoms with van der Waals surface area (Å²) in [5.74, 6) is -3.40. The third kappa shape index (κ3) is 5.79. The van der Waals surface area contributed by atoms with Gasteiger partial charge in [-0.1, -0.05) is 27.2 Å². The molecule has 1 aromatic rings. The molecule has 0 bridgehead atoms. The topological polar surface area (TPSA) is 114 Å². The summed E-state index contributed by atoms with van der Waals surface area (Å²) < 4.78 is 32.4. The van der Waals surface area contributed by atoms with Crippen LogP contribution in [0, 0.1) is 0 Å². The van der Waals surface area contributed by atoms with E-state index in [9.17, 15) is 18.7 Å². The molecular formula is C15H26F2N4O3. The molecule has 0 aliphatic carbocycles. The molecule has 1 heterocycles. The summed E-state index contributed by atoms with van der Waals surface area (Å²) in [6.07, 6.45) is -1.13. The van der Waals surface area contributed by atoms with Gasteiger partial charge in [-0.15, -0.1) is 10.2 Å². The fourth-order valence-electron chi connectivity index (χ4n) is 2.28. The van der Waals surface area contributed by atoms with Crippen LogP contribution in [0.4, 0.5) is 8.78 Å². The van der Waals surface area contributed by atoms with Crippen molar-refractivity contribution in [3.05, 3.63) is 11.8 Å². The third-order valence-corrected chi connectivity index (χ3v) is 3.66. The van der Waals surface area contributed by atoms with Crippen molar-refractivity contribution in [2.24, 2.45) is 5.73 Å². The maximum Gasteiger partial charge on any atom is 0.250 e. The van der Waals surface area contributed by atoms with Gasteiger partial charge in [0, 0.05) is 19.3 Å². The van der Waals surface area contributed by atoms with Gasteiger partial charge in [-0.25, -0.2) is 8.78 Å². The van der Waals surface area contributed by atoms with E-state index in [4.69, 9.17) is 10.2 Å². The van der Waals surface area contributed by atoms with E-state index in [1.165, 1.54) is 0 Å². The maximum absolute atomic E-state index is 13.6. The molecule has 3 atom stereocenters. The fourth-order valence-corrected chi connectivity index (χ4v) is 2.28. The lowest BCUT2D eigenvalue weighted by atomic mass is 10.0. The Morgan fingerprint density at radius 2 is 2.04 bits per heavy atom. The van der Waals surface area contributed by atoms with E-state index in [0.717, 1.165) is 0 Å². The fraction of sp³-hybridized carbons (Fsp3) is 0.800. The molecule has 1 amide bonds. The van der Waals surface area contributed by atoms with E-state index in [-0.39, 0.29) is 12.3 Å². The van der Waals surface area contributed by atoms with Crippen molar-refractivity contribution in [1.82, 2.24) is 15.5 Å². The number of hydrogen-bond acceptors (Lipinski definition) is 6. The van der Waals surface area contributed by atoms with E-state index < -0.39 is 36.4 Å². The van der Waals surface area contributed by atoms with Crippen LogP contribution in [0.5, 0.6) is 0 Å². The number of carbonyl (C=O) groups excluding carboxylic acids is 1. The zero-order valence-corrected chi connectivity index (χ0v) is 14.3. The van der Waals surface area contributed by atoms with Crippen molar-refractivity contribution >= 4 is 5.91 Å². The second-order valence-electron chi connectivity index (χ2n) is 5.77. The Hall–Kier alpha value is -1.61. The standard InChI is InChI=1S/C15H26F2N4O3/c1-4-7-15(16,17)8-9(18)13(23)19-10(5-2)12(22)14-21-20-11(6-3)24-14/h9-10,12,22H,4-8,18H2,1-3H3,(H,19,23)/t9-,10-,12?/m0/s1. The van der Waals surface area contributed by atoms with Crippen LogP contribution in [0.3, 0.4) is 0 Å². The van der Waals surface area contributed by atoms with Crippen molar-refractivity contribution in [1.29, 1.82) is 0 Å². The first-order valence-electron chi connectivity index (χ1n) is 8.18. The van der Waals surface area contributed by atoms with Gasteiger partial charge >= 0.3 is 0 Å². The van der Waals surface area contributed by atoms with E-state index in [1.807, 2.05) is 6.92 Å². The average molecular weight is 348 g/mol. The smallest absolute Gasteiger partial charge is 0.250 e. The Bertz CT molecular complexity index is 525. The predicted molar refractivity (Wildman–Crippen MR) is 83.3 cm³/mol. The third-order valence-electron chi connectivity index (χ3n) is 3.66. The minimum absolute atomic E-state index is 0.0242. The molecular weight excluding hydrogens is 322 g/mol. The molecule has 0 aromatic carbocycles. The summed E-state index contributed by atoms with van der Waals surface area (Å²) in [5.41, 5.74) is 5.58. The summed E-state index contributed by atoms with van der Waals surface area (Å²) in [5, 5.41) is 20.2. The van der Waals surface area contributed by atoms with E-state index in [2.05, 4.69) is 15.5 Å². The summed E-state index contributed by atoms with van der Waals surface area (Å²) in [6.45, 7) is 5.18. The Labute approximate surface area is 140 Å². The minimum Gasteiger partial charge on any atom is -0.422 e. The number of nitrogens with two attached hydrogens (primary N) is 1. The number of aromatic nitrogens is 2. The first-order chi connectivity index (χ1) is 11.2. The molecule has 1 aromatic heterocycles. The lowest BCUT2D eigenvalue weighted by molar-refractivity contribution is -0.127. The van der Waals surface area contributed by atoms with Crippen LogP contribution in [0.25, 0.3) is 0 Å². The maximum atomic E-state index is 13.6. The first kappa shape index (κ1) is 20.4. The number of alkyl halides is 2. The first-order valence-corrected chi connectivity index (χ1v) is 8.18. The van der Waals surface area contributed by atoms with Crippen LogP contribution in [-0.4, -0.2) is 39.2 Å². The van der Waals surface area contributed by atoms with Gasteiger partial charge in [-0.05, 0) is 6.42 Å². The number of aryl methyl sites for hydroxylation is 1. The van der Waals surface area contributed by atoms with Gasteiger partial charge < -0.3 is 20.6 Å². The van der Waals surface area contributed by atoms with Crippen molar-refractivity contribution in [2.45, 2.75) is 77.0 Å². The number of aliphatic hydroxyl groups excluding tert-OH is 1. The molecule has 0 spiro atoms. The number of hydrogen-bond donors (Lipinski definition) is 3. The van der Waals surface area contributed by atoms with Crippen molar-refractivity contribution in [3.63, 3.8) is 0 Å². The largest absolute Gasteiger partial charge is 0.422 e. The molecule has 24 heavy (non-hydrogen) atoms. The molecule has 0 radical (unpaired) electrons. The average Bonchev–Trinajstić information content (AvgIpc) is 3.00. The summed E-state index contributed by atoms with van der Waals surface area (Å²) in [6, 6.07) is -2.12. The van der Waals surface area contributed by atoms with Gasteiger partial charge in [-0.2, -0.15) is 0 Å². The molecule has 1 rings (SSSR count). The van der Waals surface area contributed by atoms with Crippen LogP contribution in [0.2, 0.25) is 0 Å². The van der Waals surface area contributed by atoms with Crippen LogP contribution < -0.4 is 11.1 Å². The lowest BCUT2D eigenvalue weighted by Crippen LogP contribution is -2.49. The predicted octanol–water partition coefficient (Wildman–Crippen LogP) is 1.71. The van der Waals surface area contributed by atoms with E-state index in [1.54, 1.807) is 13.8 Å². The number of rotatable bonds is 10. The number of nitrogens with zero attached hydrogens (tertiary/aromatic N) is 2. The Morgan fingerprint density at radius 1 is 1.38 bits per heavy atom. The Kier molecular flexibility index (Phi) is 7.68. The molecule has 4 N–H and O–H groups in total. The molecule has 0 saturated heterocycles. The SMILES string of the molecule is CCCC(F)(F)C[C@H](N)C(=O)N[C@@H](CC)C(O)c1nnc(CC)o1. The number of amides is 1. The second kappa shape index (κ2) is 9.03. The second-order valence-corrected chi connectivity index (χ2v) is 5.77. The molecule has 1 unspecified atom stereocenters. The van der Waals surface area contributed by atoms with E-state index in [0.29, 0.717) is 25.2 Å². The number of carbonyl (C=O) groups is 1. The van der Waals surface area contributed by atoms with Crippen LogP contribution >= 0.6 is 0 Å². The summed E-state index contributed by atoms with van der Waals surface area (Å²) in [4.78, 5) is 12.0. The zero-order chi connectivity index (χ0) is 18.3. The van der Waals surface area contributed by atoms with Crippen LogP contribution in [0.15, 0.2) is 4.42 Å². The van der Waals surface area contributed by atoms with E-state index >= 15 is 0 Å². The summed E-state index contributed by atoms with van der Waals surface area (Å²) >= 11 is 0. The quantitative estimate of drug-likeness (QED) is 0.593. The van der Waals surface area contributed by atoms with Gasteiger partial charge in [0.1, 0.15) is 0 Å². The highest BCUT2D eigenvalue weighted by molar-refractivity contribution is 5.81. The van der Waals surface area contributed by atoms with Gasteiger partial charge in [0.25, 0.3) is 0 Å². The molecule has 0 aliphatic heterocycles. The highest BCUT2D eigenvalue weighted by Gasteiger charge is 2.34. The van der Waals surface area contributed by atoms with Crippen LogP contribution in [-0.2, 0) is 11.2 Å². The molecule has 138 valence electrons. The number of nitrogens with one attached hydrogen (secondary N) is 1. The van der Waals surface area contributed by atoms with Crippen molar-refractivity contribution in [2.75, 3.05) is 0 Å². The number of halogens is 2. The molecule has 0 saturated carbocycles. The van der Waals surface area contributed by atoms with Crippen LogP contribution in [0.1, 0.15) is 64.3 Å². The Morgan fingerprint density at radius 3 is 2.54 bits per heavy atom. The van der Waals surface area contributed by atoms with Crippen molar-refractivity contribution in [3.8, 4) is 0 Å². The highest BCUT2D eigenvalue weighted by Crippen LogP contribution is 2.26. The van der Waals surface area contributed by atoms with Gasteiger partial charge in [0.05, 0.1) is 12.1 Å². The molecule has 0 aliphatic rings. The highest BCUT2D eigenvalue weighted by atomic mass is 19.3. The van der Waals surface area contributed by atoms with Gasteiger partial charge in [-0.3, -0.25) is 4.79 Å². The van der Waals surface area contributed by atoms with Gasteiger partial charge in [0.15, 0.2) is 6.10 Å². The zero-order valence-electron chi connectivity index (χ0n) is 14.3. The summed E-state index contributed by atoms with van der Waals surface area (Å²) in [7, 11) is 0. The van der Waals surface area contributed by atoms with Gasteiger partial charge in [0.2, 0.25) is 23.6 Å².